The van der Waals surface area contributed by atoms with Crippen molar-refractivity contribution in [2.45, 2.75) is 13.0 Å². The Balaban J connectivity index is 1.88. The molecular formula is C23H24N4O5S. The third kappa shape index (κ3) is 4.75. The van der Waals surface area contributed by atoms with Crippen LogP contribution in [0.4, 0.5) is 0 Å². The molecular weight excluding hydrogens is 444 g/mol. The molecule has 172 valence electrons. The summed E-state index contributed by atoms with van der Waals surface area (Å²) in [5.74, 6) is 0.698. The lowest BCUT2D eigenvalue weighted by Gasteiger charge is -2.20. The minimum Gasteiger partial charge on any atom is -0.493 e. The topological polar surface area (TPSA) is 116 Å². The van der Waals surface area contributed by atoms with Crippen molar-refractivity contribution in [3.05, 3.63) is 71.0 Å². The molecule has 0 aliphatic heterocycles. The van der Waals surface area contributed by atoms with Gasteiger partial charge in [-0.15, -0.1) is 0 Å². The Labute approximate surface area is 191 Å². The number of hydrogen-bond acceptors (Lipinski definition) is 7. The molecule has 0 radical (unpaired) electrons. The van der Waals surface area contributed by atoms with Crippen LogP contribution in [0.1, 0.15) is 18.5 Å². The van der Waals surface area contributed by atoms with Gasteiger partial charge in [-0.25, -0.2) is 18.2 Å². The average Bonchev–Trinajstić information content (AvgIpc) is 3.12. The normalized spacial score (nSPS) is 12.6. The molecule has 4 rings (SSSR count). The fourth-order valence-electron chi connectivity index (χ4n) is 3.77. The van der Waals surface area contributed by atoms with Gasteiger partial charge < -0.3 is 14.5 Å². The van der Waals surface area contributed by atoms with Gasteiger partial charge in [0.2, 0.25) is 0 Å². The highest BCUT2D eigenvalue weighted by atomic mass is 32.2. The van der Waals surface area contributed by atoms with E-state index in [1.54, 1.807) is 42.9 Å². The van der Waals surface area contributed by atoms with Crippen molar-refractivity contribution in [3.8, 4) is 22.6 Å². The van der Waals surface area contributed by atoms with Gasteiger partial charge in [-0.3, -0.25) is 9.55 Å². The van der Waals surface area contributed by atoms with E-state index in [9.17, 15) is 13.2 Å². The summed E-state index contributed by atoms with van der Waals surface area (Å²) < 4.78 is 37.0. The maximum absolute atomic E-state index is 13.0. The summed E-state index contributed by atoms with van der Waals surface area (Å²) in [6.45, 7) is 2.25. The maximum atomic E-state index is 13.0. The van der Waals surface area contributed by atoms with Crippen LogP contribution in [-0.2, 0) is 9.84 Å². The van der Waals surface area contributed by atoms with Crippen LogP contribution >= 0.6 is 0 Å². The number of imidazole rings is 1. The summed E-state index contributed by atoms with van der Waals surface area (Å²) in [6, 6.07) is 9.82. The van der Waals surface area contributed by atoms with Crippen molar-refractivity contribution in [2.75, 3.05) is 25.7 Å². The number of H-pyrrole nitrogens is 1. The second-order valence-electron chi connectivity index (χ2n) is 7.59. The number of benzene rings is 1. The number of nitrogens with one attached hydrogen (secondary N) is 1. The molecule has 0 bridgehead atoms. The second kappa shape index (κ2) is 9.07. The van der Waals surface area contributed by atoms with Gasteiger partial charge in [-0.05, 0) is 36.8 Å². The summed E-state index contributed by atoms with van der Waals surface area (Å²) in [7, 11) is -1.93. The molecule has 0 saturated heterocycles. The first-order valence-electron chi connectivity index (χ1n) is 10.3. The molecule has 33 heavy (non-hydrogen) atoms. The minimum absolute atomic E-state index is 0.288. The van der Waals surface area contributed by atoms with E-state index >= 15 is 0 Å². The number of sulfone groups is 1. The minimum atomic E-state index is -3.46. The summed E-state index contributed by atoms with van der Waals surface area (Å²) in [4.78, 5) is 24.5. The van der Waals surface area contributed by atoms with Gasteiger partial charge in [0.05, 0.1) is 31.0 Å². The second-order valence-corrected chi connectivity index (χ2v) is 9.77. The SMILES string of the molecule is CCOc1cc(C(CS(C)(=O)=O)n2c(=O)[nH]c3cc(-c4cccnc4)cnc32)ccc1OC. The molecule has 4 aromatic rings. The van der Waals surface area contributed by atoms with Crippen molar-refractivity contribution in [3.63, 3.8) is 0 Å². The van der Waals surface area contributed by atoms with Gasteiger partial charge in [-0.2, -0.15) is 0 Å². The van der Waals surface area contributed by atoms with Crippen molar-refractivity contribution < 1.29 is 17.9 Å². The van der Waals surface area contributed by atoms with E-state index in [2.05, 4.69) is 15.0 Å². The Hall–Kier alpha value is -3.66. The van der Waals surface area contributed by atoms with E-state index in [-0.39, 0.29) is 5.75 Å². The molecule has 9 nitrogen and oxygen atoms in total. The highest BCUT2D eigenvalue weighted by Crippen LogP contribution is 2.33. The molecule has 1 aromatic carbocycles. The molecule has 3 aromatic heterocycles. The van der Waals surface area contributed by atoms with Gasteiger partial charge in [0.15, 0.2) is 17.1 Å². The van der Waals surface area contributed by atoms with Crippen LogP contribution in [0.5, 0.6) is 11.5 Å². The molecule has 0 fully saturated rings. The Kier molecular flexibility index (Phi) is 6.19. The first kappa shape index (κ1) is 22.5. The molecule has 0 amide bonds. The fraction of sp³-hybridized carbons (Fsp3) is 0.261. The smallest absolute Gasteiger partial charge is 0.328 e. The zero-order valence-electron chi connectivity index (χ0n) is 18.5. The van der Waals surface area contributed by atoms with Crippen LogP contribution in [0.3, 0.4) is 0 Å². The van der Waals surface area contributed by atoms with Crippen molar-refractivity contribution in [1.82, 2.24) is 19.5 Å². The Morgan fingerprint density at radius 2 is 1.94 bits per heavy atom. The summed E-state index contributed by atoms with van der Waals surface area (Å²) in [6.07, 6.45) is 6.16. The number of aromatic nitrogens is 4. The van der Waals surface area contributed by atoms with Crippen molar-refractivity contribution in [1.29, 1.82) is 0 Å². The van der Waals surface area contributed by atoms with Crippen LogP contribution in [0, 0.1) is 0 Å². The number of aromatic amines is 1. The first-order chi connectivity index (χ1) is 15.8. The zero-order valence-corrected chi connectivity index (χ0v) is 19.3. The third-order valence-corrected chi connectivity index (χ3v) is 6.12. The van der Waals surface area contributed by atoms with E-state index in [1.165, 1.54) is 11.7 Å². The number of rotatable bonds is 8. The van der Waals surface area contributed by atoms with E-state index < -0.39 is 21.6 Å². The number of nitrogens with zero attached hydrogens (tertiary/aromatic N) is 3. The fourth-order valence-corrected chi connectivity index (χ4v) is 4.68. The van der Waals surface area contributed by atoms with Gasteiger partial charge >= 0.3 is 5.69 Å². The van der Waals surface area contributed by atoms with Crippen LogP contribution in [-0.4, -0.2) is 53.7 Å². The van der Waals surface area contributed by atoms with Gasteiger partial charge in [0.25, 0.3) is 0 Å². The highest BCUT2D eigenvalue weighted by molar-refractivity contribution is 7.90. The molecule has 0 aliphatic carbocycles. The van der Waals surface area contributed by atoms with E-state index in [0.717, 1.165) is 17.4 Å². The van der Waals surface area contributed by atoms with Gasteiger partial charge in [0.1, 0.15) is 9.84 Å². The molecule has 1 unspecified atom stereocenters. The monoisotopic (exact) mass is 468 g/mol. The quantitative estimate of drug-likeness (QED) is 0.423. The third-order valence-electron chi connectivity index (χ3n) is 5.19. The van der Waals surface area contributed by atoms with Gasteiger partial charge in [-0.1, -0.05) is 12.1 Å². The highest BCUT2D eigenvalue weighted by Gasteiger charge is 2.25. The number of ether oxygens (including phenoxy) is 2. The predicted molar refractivity (Wildman–Crippen MR) is 126 cm³/mol. The summed E-state index contributed by atoms with van der Waals surface area (Å²) in [5, 5.41) is 0. The van der Waals surface area contributed by atoms with Crippen LogP contribution < -0.4 is 15.2 Å². The average molecular weight is 469 g/mol. The lowest BCUT2D eigenvalue weighted by Crippen LogP contribution is -2.28. The number of fused-ring (bicyclic) bond motifs is 1. The van der Waals surface area contributed by atoms with Crippen LogP contribution in [0.2, 0.25) is 0 Å². The molecule has 3 heterocycles. The Morgan fingerprint density at radius 3 is 2.61 bits per heavy atom. The molecule has 0 aliphatic rings. The van der Waals surface area contributed by atoms with E-state index in [4.69, 9.17) is 9.47 Å². The standard InChI is InChI=1S/C23H24N4O5S/c1-4-32-21-11-15(7-8-20(21)31-2)19(14-33(3,29)30)27-22-18(26-23(27)28)10-17(13-25-22)16-6-5-9-24-12-16/h5-13,19H,4,14H2,1-3H3,(H,26,28). The summed E-state index contributed by atoms with van der Waals surface area (Å²) in [5.41, 5.74) is 2.62. The zero-order chi connectivity index (χ0) is 23.6. The first-order valence-corrected chi connectivity index (χ1v) is 12.4. The summed E-state index contributed by atoms with van der Waals surface area (Å²) >= 11 is 0. The van der Waals surface area contributed by atoms with Gasteiger partial charge in [0, 0.05) is 36.0 Å². The Morgan fingerprint density at radius 1 is 1.12 bits per heavy atom. The lowest BCUT2D eigenvalue weighted by atomic mass is 10.1. The van der Waals surface area contributed by atoms with Crippen LogP contribution in [0.15, 0.2) is 59.8 Å². The maximum Gasteiger partial charge on any atom is 0.328 e. The van der Waals surface area contributed by atoms with E-state index in [1.807, 2.05) is 19.1 Å². The van der Waals surface area contributed by atoms with Crippen LogP contribution in [0.25, 0.3) is 22.3 Å². The Bertz CT molecular complexity index is 1440. The molecule has 1 N–H and O–H groups in total. The molecule has 10 heteroatoms. The van der Waals surface area contributed by atoms with E-state index in [0.29, 0.717) is 34.8 Å². The predicted octanol–water partition coefficient (Wildman–Crippen LogP) is 2.83. The lowest BCUT2D eigenvalue weighted by molar-refractivity contribution is 0.310. The number of methoxy groups -OCH3 is 1. The van der Waals surface area contributed by atoms with Crippen molar-refractivity contribution >= 4 is 21.0 Å². The molecule has 1 atom stereocenters. The van der Waals surface area contributed by atoms with Crippen molar-refractivity contribution in [2.24, 2.45) is 0 Å². The molecule has 0 saturated carbocycles. The molecule has 0 spiro atoms. The largest absolute Gasteiger partial charge is 0.493 e. The number of pyridine rings is 2. The number of hydrogen-bond donors (Lipinski definition) is 1.